The van der Waals surface area contributed by atoms with Gasteiger partial charge in [0.05, 0.1) is 0 Å². The normalized spacial score (nSPS) is 19.6. The molecule has 102 valence electrons. The van der Waals surface area contributed by atoms with Gasteiger partial charge in [0.15, 0.2) is 0 Å². The van der Waals surface area contributed by atoms with Gasteiger partial charge in [-0.3, -0.25) is 4.79 Å². The van der Waals surface area contributed by atoms with Crippen LogP contribution in [0.25, 0.3) is 6.08 Å². The third-order valence-corrected chi connectivity index (χ3v) is 3.71. The second-order valence-electron chi connectivity index (χ2n) is 4.83. The van der Waals surface area contributed by atoms with Crippen LogP contribution in [0.3, 0.4) is 0 Å². The van der Waals surface area contributed by atoms with Crippen LogP contribution in [0, 0.1) is 0 Å². The van der Waals surface area contributed by atoms with Crippen molar-refractivity contribution in [3.05, 3.63) is 40.9 Å². The predicted molar refractivity (Wildman–Crippen MR) is 79.1 cm³/mol. The summed E-state index contributed by atoms with van der Waals surface area (Å²) in [6, 6.07) is 7.74. The van der Waals surface area contributed by atoms with Crippen molar-refractivity contribution < 1.29 is 4.79 Å². The minimum Gasteiger partial charge on any atom is -0.338 e. The maximum absolute atomic E-state index is 12.1. The largest absolute Gasteiger partial charge is 0.338 e. The topological polar surface area (TPSA) is 32.3 Å². The van der Waals surface area contributed by atoms with E-state index in [0.29, 0.717) is 11.1 Å². The first-order valence-electron chi connectivity index (χ1n) is 6.58. The van der Waals surface area contributed by atoms with Crippen LogP contribution in [0.2, 0.25) is 5.02 Å². The number of amides is 1. The molecule has 3 nitrogen and oxygen atoms in total. The van der Waals surface area contributed by atoms with Crippen LogP contribution in [0.4, 0.5) is 0 Å². The van der Waals surface area contributed by atoms with Crippen LogP contribution >= 0.6 is 11.6 Å². The zero-order chi connectivity index (χ0) is 13.7. The molecule has 19 heavy (non-hydrogen) atoms. The highest BCUT2D eigenvalue weighted by atomic mass is 35.5. The number of rotatable bonds is 3. The van der Waals surface area contributed by atoms with Crippen molar-refractivity contribution in [2.45, 2.75) is 18.9 Å². The fourth-order valence-electron chi connectivity index (χ4n) is 2.20. The third kappa shape index (κ3) is 4.08. The van der Waals surface area contributed by atoms with Gasteiger partial charge in [-0.05, 0) is 43.2 Å². The quantitative estimate of drug-likeness (QED) is 0.862. The van der Waals surface area contributed by atoms with Crippen molar-refractivity contribution in [2.75, 3.05) is 20.1 Å². The summed E-state index contributed by atoms with van der Waals surface area (Å²) in [4.78, 5) is 13.9. The van der Waals surface area contributed by atoms with Gasteiger partial charge in [-0.25, -0.2) is 0 Å². The summed E-state index contributed by atoms with van der Waals surface area (Å²) >= 11 is 5.82. The summed E-state index contributed by atoms with van der Waals surface area (Å²) in [5.74, 6) is 0.0450. The van der Waals surface area contributed by atoms with Gasteiger partial charge in [0, 0.05) is 30.7 Å². The van der Waals surface area contributed by atoms with Crippen LogP contribution in [0.5, 0.6) is 0 Å². The molecule has 1 amide bonds. The van der Waals surface area contributed by atoms with E-state index in [4.69, 9.17) is 11.6 Å². The number of hydrogen-bond donors (Lipinski definition) is 1. The molecule has 1 aliphatic rings. The standard InChI is InChI=1S/C15H19ClN2O/c1-18(14-3-2-10-17-11-14)15(19)9-6-12-4-7-13(16)8-5-12/h4-9,14,17H,2-3,10-11H2,1H3/b9-6+. The number of halogens is 1. The second-order valence-corrected chi connectivity index (χ2v) is 5.27. The van der Waals surface area contributed by atoms with Crippen molar-refractivity contribution in [2.24, 2.45) is 0 Å². The van der Waals surface area contributed by atoms with Crippen LogP contribution in [-0.2, 0) is 4.79 Å². The smallest absolute Gasteiger partial charge is 0.246 e. The molecule has 0 saturated carbocycles. The van der Waals surface area contributed by atoms with Gasteiger partial charge in [0.1, 0.15) is 0 Å². The van der Waals surface area contributed by atoms with Crippen molar-refractivity contribution >= 4 is 23.6 Å². The van der Waals surface area contributed by atoms with Gasteiger partial charge >= 0.3 is 0 Å². The maximum atomic E-state index is 12.1. The van der Waals surface area contributed by atoms with E-state index in [1.54, 1.807) is 6.08 Å². The summed E-state index contributed by atoms with van der Waals surface area (Å²) in [5, 5.41) is 4.02. The third-order valence-electron chi connectivity index (χ3n) is 3.45. The zero-order valence-corrected chi connectivity index (χ0v) is 11.9. The number of carbonyl (C=O) groups excluding carboxylic acids is 1. The number of nitrogens with one attached hydrogen (secondary N) is 1. The number of carbonyl (C=O) groups is 1. The van der Waals surface area contributed by atoms with Gasteiger partial charge in [0.2, 0.25) is 5.91 Å². The highest BCUT2D eigenvalue weighted by Crippen LogP contribution is 2.12. The van der Waals surface area contributed by atoms with Crippen molar-refractivity contribution in [3.8, 4) is 0 Å². The lowest BCUT2D eigenvalue weighted by Gasteiger charge is -2.31. The zero-order valence-electron chi connectivity index (χ0n) is 11.1. The highest BCUT2D eigenvalue weighted by Gasteiger charge is 2.20. The van der Waals surface area contributed by atoms with Crippen LogP contribution in [-0.4, -0.2) is 37.0 Å². The predicted octanol–water partition coefficient (Wildman–Crippen LogP) is 2.56. The minimum absolute atomic E-state index is 0.0450. The molecule has 1 atom stereocenters. The van der Waals surface area contributed by atoms with Gasteiger partial charge in [0.25, 0.3) is 0 Å². The molecule has 0 aliphatic carbocycles. The van der Waals surface area contributed by atoms with E-state index in [1.807, 2.05) is 42.3 Å². The lowest BCUT2D eigenvalue weighted by molar-refractivity contribution is -0.127. The first kappa shape index (κ1) is 14.1. The molecule has 1 aliphatic heterocycles. The molecule has 1 unspecified atom stereocenters. The van der Waals surface area contributed by atoms with Crippen molar-refractivity contribution in [3.63, 3.8) is 0 Å². The number of likely N-dealkylation sites (N-methyl/N-ethyl adjacent to an activating group) is 1. The van der Waals surface area contributed by atoms with Crippen molar-refractivity contribution in [1.29, 1.82) is 0 Å². The van der Waals surface area contributed by atoms with E-state index in [-0.39, 0.29) is 5.91 Å². The number of hydrogen-bond acceptors (Lipinski definition) is 2. The van der Waals surface area contributed by atoms with Crippen LogP contribution < -0.4 is 5.32 Å². The number of nitrogens with zero attached hydrogens (tertiary/aromatic N) is 1. The van der Waals surface area contributed by atoms with Crippen LogP contribution in [0.15, 0.2) is 30.3 Å². The molecule has 1 fully saturated rings. The van der Waals surface area contributed by atoms with E-state index in [2.05, 4.69) is 5.32 Å². The monoisotopic (exact) mass is 278 g/mol. The van der Waals surface area contributed by atoms with E-state index in [1.165, 1.54) is 0 Å². The molecule has 0 bridgehead atoms. The number of benzene rings is 1. The Labute approximate surface area is 119 Å². The minimum atomic E-state index is 0.0450. The molecular weight excluding hydrogens is 260 g/mol. The van der Waals surface area contributed by atoms with E-state index in [0.717, 1.165) is 31.5 Å². The Morgan fingerprint density at radius 3 is 2.79 bits per heavy atom. The molecule has 1 heterocycles. The summed E-state index contributed by atoms with van der Waals surface area (Å²) in [5.41, 5.74) is 0.980. The Bertz CT molecular complexity index is 450. The van der Waals surface area contributed by atoms with Gasteiger partial charge in [-0.1, -0.05) is 23.7 Å². The molecule has 1 aromatic carbocycles. The van der Waals surface area contributed by atoms with E-state index >= 15 is 0 Å². The van der Waals surface area contributed by atoms with Gasteiger partial charge in [-0.2, -0.15) is 0 Å². The lowest BCUT2D eigenvalue weighted by atomic mass is 10.1. The highest BCUT2D eigenvalue weighted by molar-refractivity contribution is 6.30. The Morgan fingerprint density at radius 2 is 2.16 bits per heavy atom. The lowest BCUT2D eigenvalue weighted by Crippen LogP contribution is -2.46. The van der Waals surface area contributed by atoms with Gasteiger partial charge in [-0.15, -0.1) is 0 Å². The fourth-order valence-corrected chi connectivity index (χ4v) is 2.33. The van der Waals surface area contributed by atoms with Crippen molar-refractivity contribution in [1.82, 2.24) is 10.2 Å². The molecular formula is C15H19ClN2O. The molecule has 0 aromatic heterocycles. The molecule has 0 radical (unpaired) electrons. The molecule has 1 saturated heterocycles. The summed E-state index contributed by atoms with van der Waals surface area (Å²) in [6.45, 7) is 1.94. The Hall–Kier alpha value is -1.32. The SMILES string of the molecule is CN(C(=O)/C=C/c1ccc(Cl)cc1)C1CCCNC1. The van der Waals surface area contributed by atoms with E-state index in [9.17, 15) is 4.79 Å². The van der Waals surface area contributed by atoms with E-state index < -0.39 is 0 Å². The second kappa shape index (κ2) is 6.73. The summed E-state index contributed by atoms with van der Waals surface area (Å²) < 4.78 is 0. The fraction of sp³-hybridized carbons (Fsp3) is 0.400. The molecule has 4 heteroatoms. The Balaban J connectivity index is 1.93. The average molecular weight is 279 g/mol. The summed E-state index contributed by atoms with van der Waals surface area (Å²) in [6.07, 6.45) is 5.65. The average Bonchev–Trinajstić information content (AvgIpc) is 2.46. The molecule has 0 spiro atoms. The Kier molecular flexibility index (Phi) is 5.00. The molecule has 1 aromatic rings. The molecule has 1 N–H and O–H groups in total. The first-order valence-corrected chi connectivity index (χ1v) is 6.96. The Morgan fingerprint density at radius 1 is 1.42 bits per heavy atom. The number of piperidine rings is 1. The molecule has 2 rings (SSSR count). The van der Waals surface area contributed by atoms with Gasteiger partial charge < -0.3 is 10.2 Å². The summed E-state index contributed by atoms with van der Waals surface area (Å²) in [7, 11) is 1.87. The first-order chi connectivity index (χ1) is 9.16. The van der Waals surface area contributed by atoms with Crippen LogP contribution in [0.1, 0.15) is 18.4 Å². The maximum Gasteiger partial charge on any atom is 0.246 e.